The summed E-state index contributed by atoms with van der Waals surface area (Å²) in [6, 6.07) is 3.65. The van der Waals surface area contributed by atoms with Gasteiger partial charge in [-0.3, -0.25) is 0 Å². The van der Waals surface area contributed by atoms with Crippen molar-refractivity contribution in [1.82, 2.24) is 4.98 Å². The number of nitrogens with zero attached hydrogens (tertiary/aromatic N) is 1. The van der Waals surface area contributed by atoms with Gasteiger partial charge >= 0.3 is 5.97 Å². The van der Waals surface area contributed by atoms with Crippen molar-refractivity contribution in [3.63, 3.8) is 0 Å². The highest BCUT2D eigenvalue weighted by molar-refractivity contribution is 9.10. The second kappa shape index (κ2) is 6.56. The molecule has 0 radical (unpaired) electrons. The van der Waals surface area contributed by atoms with Gasteiger partial charge in [0.2, 0.25) is 0 Å². The number of nitrogens with one attached hydrogen (secondary N) is 1. The lowest BCUT2D eigenvalue weighted by Gasteiger charge is -2.12. The van der Waals surface area contributed by atoms with Crippen LogP contribution in [0.1, 0.15) is 20.8 Å². The van der Waals surface area contributed by atoms with Crippen LogP contribution in [0.3, 0.4) is 0 Å². The quantitative estimate of drug-likeness (QED) is 0.811. The standard InChI is InChI=1S/C13H12BrClN2O2S/c1-7-3-11(9(4-10(7)14)12(18)19-2)16-5-8-6-17-13(15)20-8/h3-4,6,16H,5H2,1-2H3. The number of benzene rings is 1. The van der Waals surface area contributed by atoms with E-state index in [2.05, 4.69) is 26.2 Å². The lowest BCUT2D eigenvalue weighted by molar-refractivity contribution is 0.0601. The van der Waals surface area contributed by atoms with E-state index in [0.717, 1.165) is 20.6 Å². The summed E-state index contributed by atoms with van der Waals surface area (Å²) in [4.78, 5) is 16.8. The van der Waals surface area contributed by atoms with Gasteiger partial charge in [0.05, 0.1) is 19.2 Å². The average molecular weight is 376 g/mol. The molecule has 0 unspecified atom stereocenters. The van der Waals surface area contributed by atoms with E-state index >= 15 is 0 Å². The van der Waals surface area contributed by atoms with Gasteiger partial charge in [0, 0.05) is 21.2 Å². The van der Waals surface area contributed by atoms with Crippen molar-refractivity contribution in [3.8, 4) is 0 Å². The monoisotopic (exact) mass is 374 g/mol. The summed E-state index contributed by atoms with van der Waals surface area (Å²) in [7, 11) is 1.36. The predicted octanol–water partition coefficient (Wildman–Crippen LogP) is 4.27. The Morgan fingerprint density at radius 1 is 1.55 bits per heavy atom. The SMILES string of the molecule is COC(=O)c1cc(Br)c(C)cc1NCc1cnc(Cl)s1. The number of carbonyl (C=O) groups is 1. The van der Waals surface area contributed by atoms with E-state index < -0.39 is 0 Å². The summed E-state index contributed by atoms with van der Waals surface area (Å²) < 4.78 is 6.16. The Hall–Kier alpha value is -1.11. The van der Waals surface area contributed by atoms with Gasteiger partial charge in [-0.05, 0) is 24.6 Å². The lowest BCUT2D eigenvalue weighted by Crippen LogP contribution is -2.08. The maximum absolute atomic E-state index is 11.8. The van der Waals surface area contributed by atoms with Crippen LogP contribution in [0.15, 0.2) is 22.8 Å². The molecule has 7 heteroatoms. The first-order valence-corrected chi connectivity index (χ1v) is 7.72. The smallest absolute Gasteiger partial charge is 0.340 e. The number of thiazole rings is 1. The number of methoxy groups -OCH3 is 1. The molecular weight excluding hydrogens is 364 g/mol. The van der Waals surface area contributed by atoms with Crippen LogP contribution in [0.25, 0.3) is 0 Å². The Kier molecular flexibility index (Phi) is 5.01. The molecule has 20 heavy (non-hydrogen) atoms. The van der Waals surface area contributed by atoms with Crippen molar-refractivity contribution < 1.29 is 9.53 Å². The highest BCUT2D eigenvalue weighted by Gasteiger charge is 2.14. The molecule has 0 aliphatic carbocycles. The van der Waals surface area contributed by atoms with Gasteiger partial charge in [-0.15, -0.1) is 11.3 Å². The fourth-order valence-electron chi connectivity index (χ4n) is 1.65. The van der Waals surface area contributed by atoms with E-state index in [1.54, 1.807) is 12.3 Å². The third-order valence-electron chi connectivity index (χ3n) is 2.68. The van der Waals surface area contributed by atoms with Crippen molar-refractivity contribution in [2.45, 2.75) is 13.5 Å². The number of halogens is 2. The zero-order chi connectivity index (χ0) is 14.7. The van der Waals surface area contributed by atoms with Gasteiger partial charge in [0.25, 0.3) is 0 Å². The second-order valence-electron chi connectivity index (χ2n) is 4.07. The van der Waals surface area contributed by atoms with E-state index in [1.807, 2.05) is 13.0 Å². The van der Waals surface area contributed by atoms with E-state index in [9.17, 15) is 4.79 Å². The van der Waals surface area contributed by atoms with Crippen molar-refractivity contribution >= 4 is 50.5 Å². The van der Waals surface area contributed by atoms with Crippen molar-refractivity contribution in [2.75, 3.05) is 12.4 Å². The molecule has 0 fully saturated rings. The molecule has 0 spiro atoms. The fraction of sp³-hybridized carbons (Fsp3) is 0.231. The largest absolute Gasteiger partial charge is 0.465 e. The van der Waals surface area contributed by atoms with E-state index in [1.165, 1.54) is 18.4 Å². The topological polar surface area (TPSA) is 51.2 Å². The van der Waals surface area contributed by atoms with E-state index in [0.29, 0.717) is 16.6 Å². The molecule has 0 atom stereocenters. The number of aromatic nitrogens is 1. The van der Waals surface area contributed by atoms with Crippen LogP contribution in [0.5, 0.6) is 0 Å². The first-order valence-electron chi connectivity index (χ1n) is 5.73. The van der Waals surface area contributed by atoms with Crippen LogP contribution in [0.2, 0.25) is 4.47 Å². The number of aryl methyl sites for hydroxylation is 1. The minimum Gasteiger partial charge on any atom is -0.465 e. The molecule has 4 nitrogen and oxygen atoms in total. The molecule has 1 aromatic carbocycles. The molecule has 0 aliphatic heterocycles. The minimum atomic E-state index is -0.379. The summed E-state index contributed by atoms with van der Waals surface area (Å²) in [5, 5.41) is 3.22. The molecule has 2 rings (SSSR count). The summed E-state index contributed by atoms with van der Waals surface area (Å²) in [6.45, 7) is 2.51. The Morgan fingerprint density at radius 3 is 2.90 bits per heavy atom. The highest BCUT2D eigenvalue weighted by atomic mass is 79.9. The number of esters is 1. The Morgan fingerprint density at radius 2 is 2.30 bits per heavy atom. The molecule has 0 bridgehead atoms. The molecule has 1 N–H and O–H groups in total. The second-order valence-corrected chi connectivity index (χ2v) is 6.62. The lowest BCUT2D eigenvalue weighted by atomic mass is 10.1. The van der Waals surface area contributed by atoms with E-state index in [-0.39, 0.29) is 5.97 Å². The molecule has 0 aliphatic rings. The van der Waals surface area contributed by atoms with Crippen LogP contribution >= 0.6 is 38.9 Å². The number of hydrogen-bond acceptors (Lipinski definition) is 5. The normalized spacial score (nSPS) is 10.4. The van der Waals surface area contributed by atoms with Gasteiger partial charge in [-0.25, -0.2) is 9.78 Å². The number of rotatable bonds is 4. The number of carbonyl (C=O) groups excluding carboxylic acids is 1. The predicted molar refractivity (Wildman–Crippen MR) is 84.7 cm³/mol. The maximum Gasteiger partial charge on any atom is 0.340 e. The molecule has 106 valence electrons. The van der Waals surface area contributed by atoms with Crippen LogP contribution in [-0.4, -0.2) is 18.1 Å². The van der Waals surface area contributed by atoms with Gasteiger partial charge < -0.3 is 10.1 Å². The first-order chi connectivity index (χ1) is 9.51. The Labute approximate surface area is 134 Å². The van der Waals surface area contributed by atoms with Crippen molar-refractivity contribution in [2.24, 2.45) is 0 Å². The first kappa shape index (κ1) is 15.3. The summed E-state index contributed by atoms with van der Waals surface area (Å²) >= 11 is 10.6. The number of hydrogen-bond donors (Lipinski definition) is 1. The summed E-state index contributed by atoms with van der Waals surface area (Å²) in [5.41, 5.74) is 2.24. The van der Waals surface area contributed by atoms with Crippen LogP contribution in [0.4, 0.5) is 5.69 Å². The van der Waals surface area contributed by atoms with Crippen LogP contribution < -0.4 is 5.32 Å². The molecule has 1 aromatic heterocycles. The van der Waals surface area contributed by atoms with Gasteiger partial charge in [-0.1, -0.05) is 27.5 Å². The summed E-state index contributed by atoms with van der Waals surface area (Å²) in [6.07, 6.45) is 1.71. The zero-order valence-corrected chi connectivity index (χ0v) is 14.0. The van der Waals surface area contributed by atoms with E-state index in [4.69, 9.17) is 16.3 Å². The molecule has 0 saturated heterocycles. The average Bonchev–Trinajstić information content (AvgIpc) is 2.84. The third kappa shape index (κ3) is 3.50. The van der Waals surface area contributed by atoms with Gasteiger partial charge in [0.1, 0.15) is 0 Å². The molecular formula is C13H12BrClN2O2S. The molecule has 1 heterocycles. The maximum atomic E-state index is 11.8. The molecule has 0 saturated carbocycles. The Bertz CT molecular complexity index is 645. The zero-order valence-electron chi connectivity index (χ0n) is 10.9. The fourth-order valence-corrected chi connectivity index (χ4v) is 2.92. The molecule has 2 aromatic rings. The Balaban J connectivity index is 2.25. The third-order valence-corrected chi connectivity index (χ3v) is 4.65. The molecule has 0 amide bonds. The van der Waals surface area contributed by atoms with Gasteiger partial charge in [-0.2, -0.15) is 0 Å². The highest BCUT2D eigenvalue weighted by Crippen LogP contribution is 2.27. The van der Waals surface area contributed by atoms with Crippen molar-refractivity contribution in [1.29, 1.82) is 0 Å². The van der Waals surface area contributed by atoms with Crippen molar-refractivity contribution in [3.05, 3.63) is 43.3 Å². The minimum absolute atomic E-state index is 0.379. The summed E-state index contributed by atoms with van der Waals surface area (Å²) in [5.74, 6) is -0.379. The van der Waals surface area contributed by atoms with Crippen LogP contribution in [-0.2, 0) is 11.3 Å². The number of anilines is 1. The van der Waals surface area contributed by atoms with Crippen LogP contribution in [0, 0.1) is 6.92 Å². The number of ether oxygens (including phenoxy) is 1. The van der Waals surface area contributed by atoms with Gasteiger partial charge in [0.15, 0.2) is 4.47 Å².